The van der Waals surface area contributed by atoms with Crippen molar-refractivity contribution < 1.29 is 9.21 Å². The van der Waals surface area contributed by atoms with E-state index in [1.165, 1.54) is 0 Å². The van der Waals surface area contributed by atoms with Gasteiger partial charge in [-0.2, -0.15) is 0 Å². The van der Waals surface area contributed by atoms with Crippen LogP contribution in [0.5, 0.6) is 0 Å². The third kappa shape index (κ3) is 3.97. The van der Waals surface area contributed by atoms with Gasteiger partial charge in [0.1, 0.15) is 11.1 Å². The lowest BCUT2D eigenvalue weighted by Crippen LogP contribution is -2.42. The van der Waals surface area contributed by atoms with Crippen molar-refractivity contribution in [3.8, 4) is 0 Å². The van der Waals surface area contributed by atoms with Gasteiger partial charge in [-0.25, -0.2) is 4.79 Å². The summed E-state index contributed by atoms with van der Waals surface area (Å²) in [5.41, 5.74) is 0.0932. The van der Waals surface area contributed by atoms with Crippen molar-refractivity contribution in [3.05, 3.63) is 46.3 Å². The summed E-state index contributed by atoms with van der Waals surface area (Å²) in [6.45, 7) is 5.45. The number of piperidine rings is 1. The Labute approximate surface area is 147 Å². The molecule has 1 aliphatic rings. The van der Waals surface area contributed by atoms with Crippen molar-refractivity contribution in [1.29, 1.82) is 0 Å². The second-order valence-corrected chi connectivity index (χ2v) is 6.03. The standard InChI is InChI=1S/C18H22N2O3.ClH/c1-2-19-12-13-7-9-20(10-8-13)17(21)15-11-14-5-3-4-6-16(14)23-18(15)22;/h3-6,11,13,19H,2,7-10,12H2,1H3;1H. The van der Waals surface area contributed by atoms with Crippen molar-refractivity contribution in [1.82, 2.24) is 10.2 Å². The molecule has 1 aromatic carbocycles. The summed E-state index contributed by atoms with van der Waals surface area (Å²) in [5.74, 6) is 0.387. The van der Waals surface area contributed by atoms with Crippen LogP contribution in [-0.4, -0.2) is 37.0 Å². The summed E-state index contributed by atoms with van der Waals surface area (Å²) in [6, 6.07) is 8.90. The second-order valence-electron chi connectivity index (χ2n) is 6.03. The van der Waals surface area contributed by atoms with Crippen LogP contribution in [0.15, 0.2) is 39.5 Å². The van der Waals surface area contributed by atoms with Crippen LogP contribution in [0.1, 0.15) is 30.1 Å². The van der Waals surface area contributed by atoms with Gasteiger partial charge in [0, 0.05) is 18.5 Å². The molecule has 1 fully saturated rings. The van der Waals surface area contributed by atoms with Crippen LogP contribution >= 0.6 is 12.4 Å². The lowest BCUT2D eigenvalue weighted by molar-refractivity contribution is 0.0686. The zero-order valence-corrected chi connectivity index (χ0v) is 14.6. The average Bonchev–Trinajstić information content (AvgIpc) is 2.59. The van der Waals surface area contributed by atoms with E-state index >= 15 is 0 Å². The van der Waals surface area contributed by atoms with E-state index in [0.29, 0.717) is 24.6 Å². The molecule has 0 spiro atoms. The molecule has 1 N–H and O–H groups in total. The molecular weight excluding hydrogens is 328 g/mol. The molecule has 1 saturated heterocycles. The second kappa shape index (κ2) is 8.31. The van der Waals surface area contributed by atoms with Crippen molar-refractivity contribution in [2.75, 3.05) is 26.2 Å². The molecule has 0 saturated carbocycles. The van der Waals surface area contributed by atoms with E-state index in [1.807, 2.05) is 18.2 Å². The van der Waals surface area contributed by atoms with Crippen molar-refractivity contribution in [2.24, 2.45) is 5.92 Å². The maximum Gasteiger partial charge on any atom is 0.349 e. The highest BCUT2D eigenvalue weighted by atomic mass is 35.5. The number of rotatable bonds is 4. The minimum atomic E-state index is -0.552. The molecule has 1 aliphatic heterocycles. The van der Waals surface area contributed by atoms with Crippen LogP contribution in [0.4, 0.5) is 0 Å². The Balaban J connectivity index is 0.00000208. The molecule has 1 amide bonds. The largest absolute Gasteiger partial charge is 0.422 e. The zero-order valence-electron chi connectivity index (χ0n) is 13.8. The van der Waals surface area contributed by atoms with Crippen LogP contribution in [0, 0.1) is 5.92 Å². The summed E-state index contributed by atoms with van der Waals surface area (Å²) < 4.78 is 5.27. The van der Waals surface area contributed by atoms with E-state index in [9.17, 15) is 9.59 Å². The first-order chi connectivity index (χ1) is 11.2. The quantitative estimate of drug-likeness (QED) is 0.861. The van der Waals surface area contributed by atoms with E-state index in [1.54, 1.807) is 17.0 Å². The SMILES string of the molecule is CCNCC1CCN(C(=O)c2cc3ccccc3oc2=O)CC1.Cl. The van der Waals surface area contributed by atoms with Gasteiger partial charge in [-0.3, -0.25) is 4.79 Å². The van der Waals surface area contributed by atoms with Crippen LogP contribution < -0.4 is 10.9 Å². The molecule has 2 aromatic rings. The van der Waals surface area contributed by atoms with Gasteiger partial charge in [-0.1, -0.05) is 25.1 Å². The number of nitrogens with one attached hydrogen (secondary N) is 1. The van der Waals surface area contributed by atoms with Crippen LogP contribution in [0.25, 0.3) is 11.0 Å². The molecule has 6 heteroatoms. The Hall–Kier alpha value is -1.85. The number of likely N-dealkylation sites (tertiary alicyclic amines) is 1. The molecule has 3 rings (SSSR count). The molecule has 0 bridgehead atoms. The minimum absolute atomic E-state index is 0. The normalized spacial score (nSPS) is 15.3. The maximum absolute atomic E-state index is 12.6. The average molecular weight is 351 g/mol. The number of carbonyl (C=O) groups excluding carboxylic acids is 1. The smallest absolute Gasteiger partial charge is 0.349 e. The highest BCUT2D eigenvalue weighted by Crippen LogP contribution is 2.19. The number of halogens is 1. The predicted octanol–water partition coefficient (Wildman–Crippen LogP) is 2.68. The number of carbonyl (C=O) groups is 1. The maximum atomic E-state index is 12.6. The Bertz CT molecular complexity index is 751. The first kappa shape index (κ1) is 18.5. The first-order valence-electron chi connectivity index (χ1n) is 8.22. The molecule has 0 radical (unpaired) electrons. The topological polar surface area (TPSA) is 62.6 Å². The van der Waals surface area contributed by atoms with Crippen LogP contribution in [0.2, 0.25) is 0 Å². The van der Waals surface area contributed by atoms with Gasteiger partial charge in [0.25, 0.3) is 5.91 Å². The number of benzene rings is 1. The number of nitrogens with zero attached hydrogens (tertiary/aromatic N) is 1. The lowest BCUT2D eigenvalue weighted by Gasteiger charge is -2.31. The number of hydrogen-bond donors (Lipinski definition) is 1. The highest BCUT2D eigenvalue weighted by Gasteiger charge is 2.25. The number of hydrogen-bond acceptors (Lipinski definition) is 4. The van der Waals surface area contributed by atoms with E-state index < -0.39 is 5.63 Å². The minimum Gasteiger partial charge on any atom is -0.422 e. The van der Waals surface area contributed by atoms with Gasteiger partial charge in [0.15, 0.2) is 0 Å². The molecule has 5 nitrogen and oxygen atoms in total. The summed E-state index contributed by atoms with van der Waals surface area (Å²) in [5, 5.41) is 4.13. The van der Waals surface area contributed by atoms with Gasteiger partial charge >= 0.3 is 5.63 Å². The van der Waals surface area contributed by atoms with Crippen molar-refractivity contribution >= 4 is 29.3 Å². The molecule has 0 atom stereocenters. The third-order valence-electron chi connectivity index (χ3n) is 4.46. The van der Waals surface area contributed by atoms with E-state index in [0.717, 1.165) is 31.3 Å². The molecule has 0 aliphatic carbocycles. The van der Waals surface area contributed by atoms with Crippen molar-refractivity contribution in [2.45, 2.75) is 19.8 Å². The third-order valence-corrected chi connectivity index (χ3v) is 4.46. The van der Waals surface area contributed by atoms with Crippen molar-refractivity contribution in [3.63, 3.8) is 0 Å². The summed E-state index contributed by atoms with van der Waals surface area (Å²) in [4.78, 5) is 26.5. The molecule has 24 heavy (non-hydrogen) atoms. The zero-order chi connectivity index (χ0) is 16.2. The first-order valence-corrected chi connectivity index (χ1v) is 8.22. The van der Waals surface area contributed by atoms with Crippen LogP contribution in [-0.2, 0) is 0 Å². The lowest BCUT2D eigenvalue weighted by atomic mass is 9.96. The molecule has 2 heterocycles. The summed E-state index contributed by atoms with van der Waals surface area (Å²) in [7, 11) is 0. The van der Waals surface area contributed by atoms with E-state index in [-0.39, 0.29) is 23.9 Å². The fraction of sp³-hybridized carbons (Fsp3) is 0.444. The highest BCUT2D eigenvalue weighted by molar-refractivity contribution is 5.96. The molecule has 1 aromatic heterocycles. The Kier molecular flexibility index (Phi) is 6.40. The predicted molar refractivity (Wildman–Crippen MR) is 96.9 cm³/mol. The van der Waals surface area contributed by atoms with Crippen LogP contribution in [0.3, 0.4) is 0 Å². The number of para-hydroxylation sites is 1. The summed E-state index contributed by atoms with van der Waals surface area (Å²) >= 11 is 0. The van der Waals surface area contributed by atoms with Gasteiger partial charge < -0.3 is 14.6 Å². The molecule has 130 valence electrons. The Morgan fingerprint density at radius 2 is 2.00 bits per heavy atom. The summed E-state index contributed by atoms with van der Waals surface area (Å²) in [6.07, 6.45) is 1.94. The van der Waals surface area contributed by atoms with E-state index in [2.05, 4.69) is 12.2 Å². The molecular formula is C18H23ClN2O3. The Morgan fingerprint density at radius 1 is 1.29 bits per heavy atom. The fourth-order valence-electron chi connectivity index (χ4n) is 3.07. The fourth-order valence-corrected chi connectivity index (χ4v) is 3.07. The number of fused-ring (bicyclic) bond motifs is 1. The van der Waals surface area contributed by atoms with Gasteiger partial charge in [0.05, 0.1) is 0 Å². The van der Waals surface area contributed by atoms with E-state index in [4.69, 9.17) is 4.42 Å². The number of amides is 1. The van der Waals surface area contributed by atoms with Gasteiger partial charge in [0.2, 0.25) is 0 Å². The monoisotopic (exact) mass is 350 g/mol. The Morgan fingerprint density at radius 3 is 2.71 bits per heavy atom. The van der Waals surface area contributed by atoms with Gasteiger partial charge in [-0.05, 0) is 44.0 Å². The van der Waals surface area contributed by atoms with Gasteiger partial charge in [-0.15, -0.1) is 12.4 Å². The molecule has 0 unspecified atom stereocenters.